The predicted octanol–water partition coefficient (Wildman–Crippen LogP) is 3.69. The molecule has 1 N–H and O–H groups in total. The second-order valence-corrected chi connectivity index (χ2v) is 8.44. The first kappa shape index (κ1) is 20.7. The highest BCUT2D eigenvalue weighted by atomic mass is 35.5. The van der Waals surface area contributed by atoms with Crippen molar-refractivity contribution in [1.29, 1.82) is 0 Å². The first-order valence-corrected chi connectivity index (χ1v) is 10.7. The molecule has 0 aromatic heterocycles. The Kier molecular flexibility index (Phi) is 5.95. The average Bonchev–Trinajstić information content (AvgIpc) is 2.74. The number of nitrogens with zero attached hydrogens (tertiary/aromatic N) is 2. The molecule has 0 radical (unpaired) electrons. The van der Waals surface area contributed by atoms with Crippen LogP contribution in [-0.2, 0) is 22.4 Å². The zero-order valence-electron chi connectivity index (χ0n) is 17.0. The van der Waals surface area contributed by atoms with Crippen molar-refractivity contribution in [3.63, 3.8) is 0 Å². The standard InChI is InChI=1S/C23H25ClFN3O2/c1-15-14-27(8-9-28(15)19-5-7-21(24)22(25)12-19)23(30)13-26-18-4-2-17-11-20(29)6-3-16(17)10-18/h2,4-5,7,10,12,15,26H,3,6,8-9,11,13-14H2,1H3/t15-/m1/s1. The minimum Gasteiger partial charge on any atom is -0.376 e. The lowest BCUT2D eigenvalue weighted by molar-refractivity contribution is -0.130. The molecule has 5 nitrogen and oxygen atoms in total. The Morgan fingerprint density at radius 2 is 2.00 bits per heavy atom. The summed E-state index contributed by atoms with van der Waals surface area (Å²) in [5.41, 5.74) is 3.96. The number of carbonyl (C=O) groups is 2. The van der Waals surface area contributed by atoms with Crippen LogP contribution in [0.1, 0.15) is 24.5 Å². The molecule has 1 aliphatic heterocycles. The summed E-state index contributed by atoms with van der Waals surface area (Å²) < 4.78 is 13.8. The topological polar surface area (TPSA) is 52.7 Å². The van der Waals surface area contributed by atoms with Gasteiger partial charge in [-0.1, -0.05) is 17.7 Å². The molecule has 7 heteroatoms. The number of hydrogen-bond acceptors (Lipinski definition) is 4. The first-order chi connectivity index (χ1) is 14.4. The molecule has 0 unspecified atom stereocenters. The van der Waals surface area contributed by atoms with Gasteiger partial charge in [-0.15, -0.1) is 0 Å². The van der Waals surface area contributed by atoms with E-state index >= 15 is 0 Å². The lowest BCUT2D eigenvalue weighted by atomic mass is 9.90. The van der Waals surface area contributed by atoms with E-state index in [1.807, 2.05) is 36.1 Å². The van der Waals surface area contributed by atoms with Crippen molar-refractivity contribution in [2.24, 2.45) is 0 Å². The number of hydrogen-bond donors (Lipinski definition) is 1. The van der Waals surface area contributed by atoms with Gasteiger partial charge in [0, 0.05) is 49.9 Å². The lowest BCUT2D eigenvalue weighted by Crippen LogP contribution is -2.54. The largest absolute Gasteiger partial charge is 0.376 e. The van der Waals surface area contributed by atoms with Gasteiger partial charge in [-0.25, -0.2) is 4.39 Å². The predicted molar refractivity (Wildman–Crippen MR) is 117 cm³/mol. The number of Topliss-reactive ketones (excluding diaryl/α,β-unsaturated/α-hetero) is 1. The van der Waals surface area contributed by atoms with Crippen molar-refractivity contribution in [3.8, 4) is 0 Å². The van der Waals surface area contributed by atoms with E-state index < -0.39 is 5.82 Å². The number of halogens is 2. The molecular formula is C23H25ClFN3O2. The van der Waals surface area contributed by atoms with E-state index in [1.54, 1.807) is 6.07 Å². The minimum atomic E-state index is -0.432. The Bertz CT molecular complexity index is 981. The Morgan fingerprint density at radius 1 is 1.17 bits per heavy atom. The van der Waals surface area contributed by atoms with Crippen molar-refractivity contribution in [2.75, 3.05) is 36.4 Å². The van der Waals surface area contributed by atoms with E-state index in [1.165, 1.54) is 11.6 Å². The van der Waals surface area contributed by atoms with Crippen molar-refractivity contribution < 1.29 is 14.0 Å². The van der Waals surface area contributed by atoms with Gasteiger partial charge < -0.3 is 15.1 Å². The van der Waals surface area contributed by atoms with Crippen molar-refractivity contribution in [1.82, 2.24) is 4.90 Å². The van der Waals surface area contributed by atoms with E-state index in [2.05, 4.69) is 10.2 Å². The molecule has 0 saturated carbocycles. The maximum absolute atomic E-state index is 13.8. The van der Waals surface area contributed by atoms with E-state index in [0.29, 0.717) is 32.5 Å². The summed E-state index contributed by atoms with van der Waals surface area (Å²) in [6.07, 6.45) is 1.87. The minimum absolute atomic E-state index is 0.0386. The van der Waals surface area contributed by atoms with Gasteiger partial charge in [0.2, 0.25) is 5.91 Å². The summed E-state index contributed by atoms with van der Waals surface area (Å²) in [5, 5.41) is 3.33. The van der Waals surface area contributed by atoms with Gasteiger partial charge >= 0.3 is 0 Å². The molecule has 30 heavy (non-hydrogen) atoms. The second-order valence-electron chi connectivity index (χ2n) is 8.03. The lowest BCUT2D eigenvalue weighted by Gasteiger charge is -2.41. The third-order valence-electron chi connectivity index (χ3n) is 5.93. The van der Waals surface area contributed by atoms with Crippen LogP contribution < -0.4 is 10.2 Å². The van der Waals surface area contributed by atoms with E-state index in [-0.39, 0.29) is 29.3 Å². The smallest absolute Gasteiger partial charge is 0.242 e. The van der Waals surface area contributed by atoms with Crippen LogP contribution >= 0.6 is 11.6 Å². The molecule has 1 aliphatic carbocycles. The Hall–Kier alpha value is -2.60. The fourth-order valence-corrected chi connectivity index (χ4v) is 4.35. The number of piperazine rings is 1. The number of aryl methyl sites for hydroxylation is 1. The van der Waals surface area contributed by atoms with Crippen LogP contribution in [0.2, 0.25) is 5.02 Å². The molecule has 1 saturated heterocycles. The third-order valence-corrected chi connectivity index (χ3v) is 6.23. The zero-order chi connectivity index (χ0) is 21.3. The van der Waals surface area contributed by atoms with Gasteiger partial charge in [0.15, 0.2) is 0 Å². The van der Waals surface area contributed by atoms with Gasteiger partial charge in [0.1, 0.15) is 11.6 Å². The summed E-state index contributed by atoms with van der Waals surface area (Å²) >= 11 is 5.78. The molecule has 2 aliphatic rings. The van der Waals surface area contributed by atoms with Gasteiger partial charge in [-0.3, -0.25) is 9.59 Å². The fourth-order valence-electron chi connectivity index (χ4n) is 4.24. The molecule has 1 atom stereocenters. The monoisotopic (exact) mass is 429 g/mol. The molecule has 2 aromatic rings. The summed E-state index contributed by atoms with van der Waals surface area (Å²) in [5.74, 6) is -0.108. The summed E-state index contributed by atoms with van der Waals surface area (Å²) in [4.78, 5) is 28.2. The fraction of sp³-hybridized carbons (Fsp3) is 0.391. The van der Waals surface area contributed by atoms with Crippen LogP contribution in [0, 0.1) is 5.82 Å². The maximum Gasteiger partial charge on any atom is 0.242 e. The molecule has 1 fully saturated rings. The number of ketones is 1. The molecule has 0 bridgehead atoms. The highest BCUT2D eigenvalue weighted by Gasteiger charge is 2.27. The maximum atomic E-state index is 13.8. The Labute approximate surface area is 180 Å². The van der Waals surface area contributed by atoms with Crippen LogP contribution in [0.5, 0.6) is 0 Å². The van der Waals surface area contributed by atoms with Crippen molar-refractivity contribution >= 4 is 34.7 Å². The second kappa shape index (κ2) is 8.64. The molecule has 1 heterocycles. The summed E-state index contributed by atoms with van der Waals surface area (Å²) in [6.45, 7) is 4.06. The Balaban J connectivity index is 1.33. The van der Waals surface area contributed by atoms with E-state index in [4.69, 9.17) is 11.6 Å². The van der Waals surface area contributed by atoms with Crippen LogP contribution in [0.4, 0.5) is 15.8 Å². The SMILES string of the molecule is C[C@@H]1CN(C(=O)CNc2ccc3c(c2)CCC(=O)C3)CCN1c1ccc(Cl)c(F)c1. The summed E-state index contributed by atoms with van der Waals surface area (Å²) in [7, 11) is 0. The van der Waals surface area contributed by atoms with Crippen LogP contribution in [0.25, 0.3) is 0 Å². The molecule has 0 spiro atoms. The summed E-state index contributed by atoms with van der Waals surface area (Å²) in [6, 6.07) is 10.8. The number of carbonyl (C=O) groups excluding carboxylic acids is 2. The number of benzene rings is 2. The number of anilines is 2. The van der Waals surface area contributed by atoms with Crippen molar-refractivity contribution in [2.45, 2.75) is 32.2 Å². The molecule has 1 amide bonds. The first-order valence-electron chi connectivity index (χ1n) is 10.3. The normalized spacial score (nSPS) is 18.9. The van der Waals surface area contributed by atoms with Gasteiger partial charge in [0.25, 0.3) is 0 Å². The third kappa shape index (κ3) is 4.43. The van der Waals surface area contributed by atoms with E-state index in [9.17, 15) is 14.0 Å². The number of amides is 1. The molecule has 4 rings (SSSR count). The van der Waals surface area contributed by atoms with Crippen LogP contribution in [0.3, 0.4) is 0 Å². The van der Waals surface area contributed by atoms with Crippen LogP contribution in [-0.4, -0.2) is 48.8 Å². The number of nitrogens with one attached hydrogen (secondary N) is 1. The number of rotatable bonds is 4. The van der Waals surface area contributed by atoms with Gasteiger partial charge in [-0.05, 0) is 54.8 Å². The van der Waals surface area contributed by atoms with Crippen LogP contribution in [0.15, 0.2) is 36.4 Å². The van der Waals surface area contributed by atoms with Gasteiger partial charge in [0.05, 0.1) is 11.6 Å². The van der Waals surface area contributed by atoms with E-state index in [0.717, 1.165) is 23.4 Å². The Morgan fingerprint density at radius 3 is 2.77 bits per heavy atom. The zero-order valence-corrected chi connectivity index (χ0v) is 17.7. The quantitative estimate of drug-likeness (QED) is 0.805. The van der Waals surface area contributed by atoms with Crippen molar-refractivity contribution in [3.05, 3.63) is 58.4 Å². The highest BCUT2D eigenvalue weighted by molar-refractivity contribution is 6.30. The average molecular weight is 430 g/mol. The van der Waals surface area contributed by atoms with Gasteiger partial charge in [-0.2, -0.15) is 0 Å². The molecular weight excluding hydrogens is 405 g/mol. The number of fused-ring (bicyclic) bond motifs is 1. The molecule has 158 valence electrons. The molecule has 2 aromatic carbocycles. The highest BCUT2D eigenvalue weighted by Crippen LogP contribution is 2.26.